The zero-order chi connectivity index (χ0) is 11.4. The van der Waals surface area contributed by atoms with Crippen LogP contribution in [0.3, 0.4) is 0 Å². The van der Waals surface area contributed by atoms with Crippen LogP contribution in [0, 0.1) is 6.92 Å². The highest BCUT2D eigenvalue weighted by Gasteiger charge is 1.95. The molecule has 3 heteroatoms. The van der Waals surface area contributed by atoms with Gasteiger partial charge >= 0.3 is 0 Å². The van der Waals surface area contributed by atoms with E-state index in [0.29, 0.717) is 5.56 Å². The fourth-order valence-electron chi connectivity index (χ4n) is 1.40. The molecule has 80 valence electrons. The van der Waals surface area contributed by atoms with Crippen LogP contribution in [0.4, 0.5) is 0 Å². The first-order chi connectivity index (χ1) is 7.75. The van der Waals surface area contributed by atoms with Crippen molar-refractivity contribution >= 4 is 12.2 Å². The van der Waals surface area contributed by atoms with Crippen LogP contribution in [0.1, 0.15) is 16.8 Å². The molecule has 0 aliphatic heterocycles. The summed E-state index contributed by atoms with van der Waals surface area (Å²) in [5.41, 5.74) is 2.32. The maximum Gasteiger partial charge on any atom is 0.271 e. The summed E-state index contributed by atoms with van der Waals surface area (Å²) in [4.78, 5) is 11.4. The molecule has 0 radical (unpaired) electrons. The van der Waals surface area contributed by atoms with Crippen molar-refractivity contribution in [1.82, 2.24) is 10.2 Å². The summed E-state index contributed by atoms with van der Waals surface area (Å²) in [6.45, 7) is 1.84. The Morgan fingerprint density at radius 2 is 1.94 bits per heavy atom. The van der Waals surface area contributed by atoms with E-state index in [0.717, 1.165) is 11.3 Å². The maximum atomic E-state index is 11.4. The Balaban J connectivity index is 2.31. The Labute approximate surface area is 93.5 Å². The molecule has 1 N–H and O–H groups in total. The van der Waals surface area contributed by atoms with Crippen molar-refractivity contribution in [3.63, 3.8) is 0 Å². The Morgan fingerprint density at radius 3 is 2.69 bits per heavy atom. The average Bonchev–Trinajstić information content (AvgIpc) is 2.32. The molecule has 0 aliphatic carbocycles. The van der Waals surface area contributed by atoms with E-state index in [9.17, 15) is 4.79 Å². The number of aromatic amines is 1. The van der Waals surface area contributed by atoms with Gasteiger partial charge in [-0.05, 0) is 24.6 Å². The molecule has 0 aliphatic rings. The molecule has 0 saturated heterocycles. The monoisotopic (exact) mass is 212 g/mol. The highest BCUT2D eigenvalue weighted by Crippen LogP contribution is 2.04. The van der Waals surface area contributed by atoms with Crippen LogP contribution in [0.15, 0.2) is 41.2 Å². The first-order valence-electron chi connectivity index (χ1n) is 5.05. The van der Waals surface area contributed by atoms with Gasteiger partial charge in [0, 0.05) is 5.56 Å². The minimum Gasteiger partial charge on any atom is -0.267 e. The number of nitrogens with one attached hydrogen (secondary N) is 1. The smallest absolute Gasteiger partial charge is 0.267 e. The van der Waals surface area contributed by atoms with E-state index in [2.05, 4.69) is 10.2 Å². The highest BCUT2D eigenvalue weighted by molar-refractivity contribution is 5.69. The number of hydrogen-bond acceptors (Lipinski definition) is 2. The summed E-state index contributed by atoms with van der Waals surface area (Å²) in [6.07, 6.45) is 3.70. The summed E-state index contributed by atoms with van der Waals surface area (Å²) in [7, 11) is 0. The van der Waals surface area contributed by atoms with E-state index in [4.69, 9.17) is 0 Å². The van der Waals surface area contributed by atoms with Gasteiger partial charge in [-0.25, -0.2) is 5.10 Å². The molecular formula is C13H12N2O. The average molecular weight is 212 g/mol. The quantitative estimate of drug-likeness (QED) is 0.829. The van der Waals surface area contributed by atoms with Crippen LogP contribution in [-0.2, 0) is 0 Å². The van der Waals surface area contributed by atoms with Crippen molar-refractivity contribution in [2.45, 2.75) is 6.92 Å². The molecule has 0 atom stereocenters. The lowest BCUT2D eigenvalue weighted by molar-refractivity contribution is 0.942. The number of rotatable bonds is 2. The van der Waals surface area contributed by atoms with E-state index in [-0.39, 0.29) is 5.56 Å². The van der Waals surface area contributed by atoms with Crippen molar-refractivity contribution in [2.24, 2.45) is 0 Å². The van der Waals surface area contributed by atoms with E-state index >= 15 is 0 Å². The summed E-state index contributed by atoms with van der Waals surface area (Å²) in [6, 6.07) is 11.6. The highest BCUT2D eigenvalue weighted by atomic mass is 16.1. The van der Waals surface area contributed by atoms with Crippen LogP contribution >= 0.6 is 0 Å². The van der Waals surface area contributed by atoms with Crippen LogP contribution in [-0.4, -0.2) is 10.2 Å². The lowest BCUT2D eigenvalue weighted by Crippen LogP contribution is -2.11. The van der Waals surface area contributed by atoms with E-state index in [1.807, 2.05) is 43.3 Å². The third-order valence-electron chi connectivity index (χ3n) is 2.22. The fourth-order valence-corrected chi connectivity index (χ4v) is 1.40. The fraction of sp³-hybridized carbons (Fsp3) is 0.0769. The normalized spacial score (nSPS) is 10.8. The molecular weight excluding hydrogens is 200 g/mol. The molecule has 0 spiro atoms. The van der Waals surface area contributed by atoms with Gasteiger partial charge in [0.05, 0.1) is 5.69 Å². The predicted octanol–water partition coefficient (Wildman–Crippen LogP) is 2.25. The van der Waals surface area contributed by atoms with E-state index < -0.39 is 0 Å². The number of benzene rings is 1. The first-order valence-corrected chi connectivity index (χ1v) is 5.05. The Kier molecular flexibility index (Phi) is 2.96. The molecule has 1 aromatic heterocycles. The number of aromatic nitrogens is 2. The second-order valence-corrected chi connectivity index (χ2v) is 3.54. The Bertz CT molecular complexity index is 556. The summed E-state index contributed by atoms with van der Waals surface area (Å²) in [5.74, 6) is 0. The van der Waals surface area contributed by atoms with Gasteiger partial charge in [0.15, 0.2) is 0 Å². The van der Waals surface area contributed by atoms with Crippen LogP contribution in [0.5, 0.6) is 0 Å². The van der Waals surface area contributed by atoms with Crippen molar-refractivity contribution in [3.05, 3.63) is 63.6 Å². The number of hydrogen-bond donors (Lipinski definition) is 1. The lowest BCUT2D eigenvalue weighted by atomic mass is 10.1. The van der Waals surface area contributed by atoms with E-state index in [1.54, 1.807) is 12.1 Å². The molecule has 0 amide bonds. The third-order valence-corrected chi connectivity index (χ3v) is 2.22. The zero-order valence-corrected chi connectivity index (χ0v) is 8.97. The van der Waals surface area contributed by atoms with Gasteiger partial charge in [0.25, 0.3) is 5.56 Å². The number of H-pyrrole nitrogens is 1. The maximum absolute atomic E-state index is 11.4. The van der Waals surface area contributed by atoms with Gasteiger partial charge in [-0.3, -0.25) is 4.79 Å². The van der Waals surface area contributed by atoms with Gasteiger partial charge in [0.2, 0.25) is 0 Å². The minimum absolute atomic E-state index is 0.169. The molecule has 1 aromatic carbocycles. The SMILES string of the molecule is Cc1cc(C=Cc2ccccc2)c(=O)[nH]n1. The Hall–Kier alpha value is -2.16. The molecule has 0 bridgehead atoms. The van der Waals surface area contributed by atoms with Crippen molar-refractivity contribution < 1.29 is 0 Å². The molecule has 3 nitrogen and oxygen atoms in total. The van der Waals surface area contributed by atoms with Crippen molar-refractivity contribution in [2.75, 3.05) is 0 Å². The van der Waals surface area contributed by atoms with E-state index in [1.165, 1.54) is 0 Å². The van der Waals surface area contributed by atoms with Gasteiger partial charge in [-0.15, -0.1) is 0 Å². The molecule has 2 aromatic rings. The number of nitrogens with zero attached hydrogens (tertiary/aromatic N) is 1. The van der Waals surface area contributed by atoms with Gasteiger partial charge < -0.3 is 0 Å². The zero-order valence-electron chi connectivity index (χ0n) is 8.97. The topological polar surface area (TPSA) is 45.8 Å². The number of aryl methyl sites for hydroxylation is 1. The van der Waals surface area contributed by atoms with Crippen molar-refractivity contribution in [3.8, 4) is 0 Å². The second-order valence-electron chi connectivity index (χ2n) is 3.54. The van der Waals surface area contributed by atoms with Crippen molar-refractivity contribution in [1.29, 1.82) is 0 Å². The molecule has 2 rings (SSSR count). The minimum atomic E-state index is -0.169. The molecule has 0 unspecified atom stereocenters. The van der Waals surface area contributed by atoms with Gasteiger partial charge in [0.1, 0.15) is 0 Å². The molecule has 1 heterocycles. The third kappa shape index (κ3) is 2.45. The summed E-state index contributed by atoms with van der Waals surface area (Å²) in [5, 5.41) is 6.27. The van der Waals surface area contributed by atoms with Crippen LogP contribution in [0.2, 0.25) is 0 Å². The molecule has 0 saturated carbocycles. The van der Waals surface area contributed by atoms with Crippen LogP contribution < -0.4 is 5.56 Å². The van der Waals surface area contributed by atoms with Gasteiger partial charge in [-0.2, -0.15) is 5.10 Å². The summed E-state index contributed by atoms with van der Waals surface area (Å²) < 4.78 is 0. The Morgan fingerprint density at radius 1 is 1.19 bits per heavy atom. The standard InChI is InChI=1S/C13H12N2O/c1-10-9-12(13(16)15-14-10)8-7-11-5-3-2-4-6-11/h2-9H,1H3,(H,15,16). The van der Waals surface area contributed by atoms with Crippen LogP contribution in [0.25, 0.3) is 12.2 Å². The van der Waals surface area contributed by atoms with Gasteiger partial charge in [-0.1, -0.05) is 36.4 Å². The first kappa shape index (κ1) is 10.4. The summed E-state index contributed by atoms with van der Waals surface area (Å²) >= 11 is 0. The largest absolute Gasteiger partial charge is 0.271 e. The lowest BCUT2D eigenvalue weighted by Gasteiger charge is -1.94. The molecule has 0 fully saturated rings. The predicted molar refractivity (Wildman–Crippen MR) is 65.0 cm³/mol. The second kappa shape index (κ2) is 4.57. The molecule has 16 heavy (non-hydrogen) atoms.